The Hall–Kier alpha value is -1.60. The molecule has 28 heavy (non-hydrogen) atoms. The number of aliphatic carboxylic acids is 1. The second kappa shape index (κ2) is 5.51. The Balaban J connectivity index is 1.88. The van der Waals surface area contributed by atoms with Gasteiger partial charge in [-0.15, -0.1) is 0 Å². The lowest BCUT2D eigenvalue weighted by Crippen LogP contribution is -2.70. The molecule has 0 aromatic heterocycles. The number of carboxylic acids is 1. The third-order valence-electron chi connectivity index (χ3n) is 8.54. The molecule has 0 amide bonds. The fourth-order valence-corrected chi connectivity index (χ4v) is 7.00. The molecule has 0 radical (unpaired) electrons. The first-order valence-electron chi connectivity index (χ1n) is 9.76. The second-order valence-electron chi connectivity index (χ2n) is 9.57. The zero-order valence-electron chi connectivity index (χ0n) is 16.2. The Morgan fingerprint density at radius 3 is 2.50 bits per heavy atom. The molecule has 3 N–H and O–H groups in total. The Bertz CT molecular complexity index is 824. The number of hydrogen-bond acceptors (Lipinski definition) is 4. The van der Waals surface area contributed by atoms with E-state index < -0.39 is 63.9 Å². The highest BCUT2D eigenvalue weighted by Gasteiger charge is 2.76. The van der Waals surface area contributed by atoms with Crippen LogP contribution >= 0.6 is 0 Å². The normalized spacial score (nSPS) is 55.2. The van der Waals surface area contributed by atoms with Crippen LogP contribution in [0, 0.1) is 28.6 Å². The van der Waals surface area contributed by atoms with Crippen LogP contribution in [0.15, 0.2) is 23.8 Å². The van der Waals surface area contributed by atoms with Gasteiger partial charge < -0.3 is 15.3 Å². The fourth-order valence-electron chi connectivity index (χ4n) is 7.00. The minimum absolute atomic E-state index is 0.0287. The maximum absolute atomic E-state index is 16.8. The van der Waals surface area contributed by atoms with Crippen LogP contribution in [-0.2, 0) is 9.59 Å². The van der Waals surface area contributed by atoms with Crippen molar-refractivity contribution in [2.45, 2.75) is 63.6 Å². The molecule has 3 saturated carbocycles. The number of aliphatic hydroxyl groups is 2. The van der Waals surface area contributed by atoms with Gasteiger partial charge in [0.25, 0.3) is 0 Å². The van der Waals surface area contributed by atoms with Gasteiger partial charge in [0.15, 0.2) is 17.1 Å². The molecule has 0 aliphatic heterocycles. The minimum atomic E-state index is -2.26. The maximum Gasteiger partial charge on any atom is 0.336 e. The summed E-state index contributed by atoms with van der Waals surface area (Å²) >= 11 is 0. The van der Waals surface area contributed by atoms with E-state index in [1.165, 1.54) is 19.1 Å². The van der Waals surface area contributed by atoms with E-state index in [0.29, 0.717) is 0 Å². The van der Waals surface area contributed by atoms with Gasteiger partial charge in [-0.3, -0.25) is 4.79 Å². The molecule has 154 valence electrons. The molecule has 3 fully saturated rings. The van der Waals surface area contributed by atoms with Crippen LogP contribution in [0.3, 0.4) is 0 Å². The molecule has 9 atom stereocenters. The number of alkyl halides is 2. The number of carbonyl (C=O) groups excluding carboxylic acids is 1. The summed E-state index contributed by atoms with van der Waals surface area (Å²) in [6.07, 6.45) is 0.214. The number of hydrogen-bond donors (Lipinski definition) is 3. The van der Waals surface area contributed by atoms with Gasteiger partial charge in [-0.2, -0.15) is 0 Å². The van der Waals surface area contributed by atoms with Crippen LogP contribution in [0.4, 0.5) is 8.78 Å². The van der Waals surface area contributed by atoms with Gasteiger partial charge in [0.05, 0.1) is 6.10 Å². The van der Waals surface area contributed by atoms with Gasteiger partial charge in [0, 0.05) is 16.7 Å². The first kappa shape index (κ1) is 19.7. The highest BCUT2D eigenvalue weighted by Crippen LogP contribution is 2.70. The number of ketones is 1. The summed E-state index contributed by atoms with van der Waals surface area (Å²) in [7, 11) is 0. The van der Waals surface area contributed by atoms with E-state index in [1.807, 2.05) is 0 Å². The van der Waals surface area contributed by atoms with Crippen LogP contribution in [0.2, 0.25) is 0 Å². The molecule has 4 rings (SSSR count). The summed E-state index contributed by atoms with van der Waals surface area (Å²) in [4.78, 5) is 23.7. The molecule has 0 heterocycles. The molecule has 0 aromatic carbocycles. The van der Waals surface area contributed by atoms with Crippen molar-refractivity contribution in [3.05, 3.63) is 23.8 Å². The average molecular weight is 396 g/mol. The van der Waals surface area contributed by atoms with Gasteiger partial charge >= 0.3 is 5.97 Å². The first-order valence-corrected chi connectivity index (χ1v) is 9.76. The molecule has 7 heteroatoms. The molecule has 0 bridgehead atoms. The van der Waals surface area contributed by atoms with Crippen LogP contribution < -0.4 is 0 Å². The number of aliphatic hydroxyl groups excluding tert-OH is 1. The van der Waals surface area contributed by atoms with Gasteiger partial charge in [-0.25, -0.2) is 13.6 Å². The Morgan fingerprint density at radius 2 is 1.89 bits per heavy atom. The number of carboxylic acid groups (broad SMARTS) is 1. The predicted molar refractivity (Wildman–Crippen MR) is 95.8 cm³/mol. The zero-order chi connectivity index (χ0) is 20.9. The quantitative estimate of drug-likeness (QED) is 0.633. The van der Waals surface area contributed by atoms with E-state index in [0.717, 1.165) is 6.08 Å². The minimum Gasteiger partial charge on any atom is -0.479 e. The van der Waals surface area contributed by atoms with Gasteiger partial charge in [-0.1, -0.05) is 19.9 Å². The summed E-state index contributed by atoms with van der Waals surface area (Å²) < 4.78 is 31.9. The highest BCUT2D eigenvalue weighted by molar-refractivity contribution is 6.01. The Kier molecular flexibility index (Phi) is 3.88. The lowest BCUT2D eigenvalue weighted by Gasteiger charge is -2.62. The van der Waals surface area contributed by atoms with Gasteiger partial charge in [0.1, 0.15) is 6.17 Å². The van der Waals surface area contributed by atoms with E-state index in [-0.39, 0.29) is 24.8 Å². The fraction of sp³-hybridized carbons (Fsp3) is 0.714. The summed E-state index contributed by atoms with van der Waals surface area (Å²) in [6.45, 7) is 4.67. The number of halogens is 2. The number of allylic oxidation sites excluding steroid dienone is 4. The summed E-state index contributed by atoms with van der Waals surface area (Å²) in [6, 6.07) is 0. The summed E-state index contributed by atoms with van der Waals surface area (Å²) in [5.74, 6) is -4.07. The number of rotatable bonds is 1. The first-order chi connectivity index (χ1) is 12.8. The highest BCUT2D eigenvalue weighted by atomic mass is 19.1. The van der Waals surface area contributed by atoms with Crippen molar-refractivity contribution in [2.75, 3.05) is 0 Å². The molecule has 0 aromatic rings. The lowest BCUT2D eigenvalue weighted by atomic mass is 9.44. The van der Waals surface area contributed by atoms with E-state index >= 15 is 8.78 Å². The van der Waals surface area contributed by atoms with Crippen LogP contribution in [0.25, 0.3) is 0 Å². The second-order valence-corrected chi connectivity index (χ2v) is 9.57. The van der Waals surface area contributed by atoms with Crippen molar-refractivity contribution in [1.82, 2.24) is 0 Å². The molecule has 4 aliphatic carbocycles. The maximum atomic E-state index is 16.8. The largest absolute Gasteiger partial charge is 0.479 e. The molecular formula is C21H26F2O5. The molecule has 0 spiro atoms. The smallest absolute Gasteiger partial charge is 0.336 e. The SMILES string of the molecule is C[C@@H]1C[C@H]2[C@@H]3C[C@@H](F)C4=CC(=O)C=C[C@]4(C)[C@@]3(F)[C@@H](O)C[C@]2(C)[C@@]1(O)C(=O)O. The van der Waals surface area contributed by atoms with Crippen molar-refractivity contribution in [2.24, 2.45) is 28.6 Å². The van der Waals surface area contributed by atoms with Crippen molar-refractivity contribution in [3.63, 3.8) is 0 Å². The number of carbonyl (C=O) groups is 2. The zero-order valence-corrected chi connectivity index (χ0v) is 16.2. The Labute approximate surface area is 162 Å². The molecule has 0 unspecified atom stereocenters. The number of fused-ring (bicyclic) bond motifs is 5. The molecular weight excluding hydrogens is 370 g/mol. The van der Waals surface area contributed by atoms with E-state index in [4.69, 9.17) is 0 Å². The molecule has 0 saturated heterocycles. The van der Waals surface area contributed by atoms with E-state index in [9.17, 15) is 24.9 Å². The third-order valence-corrected chi connectivity index (χ3v) is 8.54. The van der Waals surface area contributed by atoms with Gasteiger partial charge in [-0.05, 0) is 55.7 Å². The van der Waals surface area contributed by atoms with E-state index in [2.05, 4.69) is 0 Å². The predicted octanol–water partition coefficient (Wildman–Crippen LogP) is 2.37. The van der Waals surface area contributed by atoms with Crippen molar-refractivity contribution < 1.29 is 33.7 Å². The van der Waals surface area contributed by atoms with E-state index in [1.54, 1.807) is 13.8 Å². The van der Waals surface area contributed by atoms with Crippen molar-refractivity contribution in [3.8, 4) is 0 Å². The summed E-state index contributed by atoms with van der Waals surface area (Å²) in [5, 5.41) is 31.8. The topological polar surface area (TPSA) is 94.8 Å². The van der Waals surface area contributed by atoms with Crippen LogP contribution in [0.5, 0.6) is 0 Å². The van der Waals surface area contributed by atoms with Crippen molar-refractivity contribution in [1.29, 1.82) is 0 Å². The average Bonchev–Trinajstić information content (AvgIpc) is 2.81. The van der Waals surface area contributed by atoms with Gasteiger partial charge in [0.2, 0.25) is 0 Å². The monoisotopic (exact) mass is 396 g/mol. The Morgan fingerprint density at radius 1 is 1.25 bits per heavy atom. The third kappa shape index (κ3) is 1.92. The van der Waals surface area contributed by atoms with Crippen LogP contribution in [0.1, 0.15) is 40.0 Å². The lowest BCUT2D eigenvalue weighted by molar-refractivity contribution is -0.229. The standard InChI is InChI=1S/C21H26F2O5/c1-10-6-12-13-8-15(22)14-7-11(24)4-5-18(14,2)20(13,23)16(25)9-19(12,3)21(10,28)17(26)27/h4-5,7,10,12-13,15-16,25,28H,6,8-9H2,1-3H3,(H,26,27)/t10-,12+,13+,15-,16+,18+,19+,20+,21+/m1/s1. The molecule has 5 nitrogen and oxygen atoms in total. The summed E-state index contributed by atoms with van der Waals surface area (Å²) in [5.41, 5.74) is -7.14. The van der Waals surface area contributed by atoms with Crippen molar-refractivity contribution >= 4 is 11.8 Å². The molecule has 4 aliphatic rings. The van der Waals surface area contributed by atoms with Crippen LogP contribution in [-0.4, -0.2) is 50.6 Å².